The number of nitrogens with one attached hydrogen (secondary N) is 1. The number of aromatic carboxylic acids is 1. The molecule has 0 aliphatic carbocycles. The van der Waals surface area contributed by atoms with Gasteiger partial charge in [0, 0.05) is 13.2 Å². The van der Waals surface area contributed by atoms with E-state index in [1.165, 1.54) is 17.9 Å². The van der Waals surface area contributed by atoms with Crippen LogP contribution in [0.4, 0.5) is 5.69 Å². The maximum atomic E-state index is 12.4. The van der Waals surface area contributed by atoms with Gasteiger partial charge in [-0.3, -0.25) is 14.2 Å². The summed E-state index contributed by atoms with van der Waals surface area (Å²) in [4.78, 5) is 23.6. The number of benzene rings is 1. The fourth-order valence-corrected chi connectivity index (χ4v) is 2.53. The summed E-state index contributed by atoms with van der Waals surface area (Å²) >= 11 is 0. The van der Waals surface area contributed by atoms with Crippen LogP contribution in [0, 0.1) is 6.92 Å². The van der Waals surface area contributed by atoms with Crippen LogP contribution in [0.25, 0.3) is 0 Å². The van der Waals surface area contributed by atoms with Gasteiger partial charge in [-0.2, -0.15) is 10.2 Å². The van der Waals surface area contributed by atoms with Gasteiger partial charge in [-0.15, -0.1) is 0 Å². The third kappa shape index (κ3) is 3.42. The van der Waals surface area contributed by atoms with Crippen molar-refractivity contribution in [3.8, 4) is 0 Å². The average molecular weight is 339 g/mol. The first kappa shape index (κ1) is 16.4. The van der Waals surface area contributed by atoms with Crippen LogP contribution >= 0.6 is 0 Å². The van der Waals surface area contributed by atoms with Crippen LogP contribution in [0.1, 0.15) is 32.0 Å². The van der Waals surface area contributed by atoms with Gasteiger partial charge >= 0.3 is 5.97 Å². The number of aromatic nitrogens is 4. The molecule has 3 rings (SSSR count). The molecule has 0 unspecified atom stereocenters. The normalized spacial score (nSPS) is 10.6. The number of carbonyl (C=O) groups excluding carboxylic acids is 1. The molecule has 0 aliphatic rings. The monoisotopic (exact) mass is 339 g/mol. The topological polar surface area (TPSA) is 102 Å². The molecule has 128 valence electrons. The Labute approximate surface area is 143 Å². The van der Waals surface area contributed by atoms with Crippen LogP contribution in [-0.2, 0) is 13.6 Å². The summed E-state index contributed by atoms with van der Waals surface area (Å²) in [5.74, 6) is -1.75. The van der Waals surface area contributed by atoms with E-state index >= 15 is 0 Å². The molecule has 2 heterocycles. The minimum absolute atomic E-state index is 0.0147. The summed E-state index contributed by atoms with van der Waals surface area (Å²) in [7, 11) is 1.52. The summed E-state index contributed by atoms with van der Waals surface area (Å²) < 4.78 is 2.94. The summed E-state index contributed by atoms with van der Waals surface area (Å²) in [5, 5.41) is 19.8. The van der Waals surface area contributed by atoms with Gasteiger partial charge in [0.05, 0.1) is 24.6 Å². The molecule has 25 heavy (non-hydrogen) atoms. The minimum atomic E-state index is -1.20. The van der Waals surface area contributed by atoms with Crippen LogP contribution in [0.3, 0.4) is 0 Å². The molecule has 0 spiro atoms. The molecule has 2 N–H and O–H groups in total. The number of carboxylic acid groups (broad SMARTS) is 1. The zero-order valence-electron chi connectivity index (χ0n) is 13.8. The van der Waals surface area contributed by atoms with Gasteiger partial charge in [0.2, 0.25) is 0 Å². The molecule has 1 amide bonds. The number of amides is 1. The lowest BCUT2D eigenvalue weighted by molar-refractivity contribution is 0.0692. The fraction of sp³-hybridized carbons (Fsp3) is 0.176. The van der Waals surface area contributed by atoms with E-state index in [1.54, 1.807) is 10.9 Å². The number of carbonyl (C=O) groups is 2. The number of anilines is 1. The highest BCUT2D eigenvalue weighted by Gasteiger charge is 2.22. The Bertz CT molecular complexity index is 941. The van der Waals surface area contributed by atoms with Crippen LogP contribution in [0.5, 0.6) is 0 Å². The zero-order chi connectivity index (χ0) is 18.0. The third-order valence-electron chi connectivity index (χ3n) is 3.87. The Morgan fingerprint density at radius 3 is 2.68 bits per heavy atom. The minimum Gasteiger partial charge on any atom is -0.478 e. The zero-order valence-corrected chi connectivity index (χ0v) is 13.8. The number of hydrogen-bond donors (Lipinski definition) is 2. The van der Waals surface area contributed by atoms with Gasteiger partial charge < -0.3 is 10.4 Å². The lowest BCUT2D eigenvalue weighted by atomic mass is 10.1. The quantitative estimate of drug-likeness (QED) is 0.739. The average Bonchev–Trinajstić information content (AvgIpc) is 3.16. The van der Waals surface area contributed by atoms with Crippen molar-refractivity contribution < 1.29 is 14.7 Å². The molecule has 0 saturated carbocycles. The highest BCUT2D eigenvalue weighted by atomic mass is 16.4. The number of nitrogens with zero attached hydrogens (tertiary/aromatic N) is 4. The molecule has 1 aromatic carbocycles. The molecule has 2 aromatic heterocycles. The van der Waals surface area contributed by atoms with Crippen LogP contribution < -0.4 is 5.32 Å². The van der Waals surface area contributed by atoms with Gasteiger partial charge in [0.15, 0.2) is 0 Å². The maximum Gasteiger partial charge on any atom is 0.339 e. The molecule has 8 nitrogen and oxygen atoms in total. The van der Waals surface area contributed by atoms with E-state index in [2.05, 4.69) is 15.5 Å². The number of carboxylic acids is 1. The third-order valence-corrected chi connectivity index (χ3v) is 3.87. The second kappa shape index (κ2) is 6.60. The van der Waals surface area contributed by atoms with E-state index < -0.39 is 11.9 Å². The summed E-state index contributed by atoms with van der Waals surface area (Å²) in [5.41, 5.74) is 2.61. The highest BCUT2D eigenvalue weighted by Crippen LogP contribution is 2.14. The Hall–Kier alpha value is -3.42. The van der Waals surface area contributed by atoms with E-state index in [0.29, 0.717) is 12.2 Å². The molecule has 8 heteroatoms. The van der Waals surface area contributed by atoms with Crippen molar-refractivity contribution in [2.75, 3.05) is 5.32 Å². The van der Waals surface area contributed by atoms with Crippen molar-refractivity contribution in [3.63, 3.8) is 0 Å². The second-order valence-electron chi connectivity index (χ2n) is 5.64. The first-order valence-corrected chi connectivity index (χ1v) is 7.59. The molecule has 0 bridgehead atoms. The largest absolute Gasteiger partial charge is 0.478 e. The van der Waals surface area contributed by atoms with Crippen molar-refractivity contribution >= 4 is 17.6 Å². The molecule has 3 aromatic rings. The van der Waals surface area contributed by atoms with Crippen molar-refractivity contribution in [1.82, 2.24) is 19.6 Å². The van der Waals surface area contributed by atoms with Crippen molar-refractivity contribution in [3.05, 3.63) is 65.2 Å². The van der Waals surface area contributed by atoms with Gasteiger partial charge in [0.25, 0.3) is 5.91 Å². The Morgan fingerprint density at radius 2 is 1.96 bits per heavy atom. The Kier molecular flexibility index (Phi) is 4.34. The van der Waals surface area contributed by atoms with Crippen molar-refractivity contribution in [1.29, 1.82) is 0 Å². The summed E-state index contributed by atoms with van der Waals surface area (Å²) in [6, 6.07) is 7.98. The number of aryl methyl sites for hydroxylation is 2. The molecule has 0 fully saturated rings. The number of hydrogen-bond acceptors (Lipinski definition) is 4. The molecular formula is C17H17N5O3. The predicted molar refractivity (Wildman–Crippen MR) is 90.6 cm³/mol. The first-order chi connectivity index (χ1) is 12.0. The molecule has 0 atom stereocenters. The lowest BCUT2D eigenvalue weighted by Crippen LogP contribution is -2.19. The fourth-order valence-electron chi connectivity index (χ4n) is 2.53. The number of rotatable bonds is 5. The van der Waals surface area contributed by atoms with Crippen LogP contribution in [-0.4, -0.2) is 36.5 Å². The van der Waals surface area contributed by atoms with Gasteiger partial charge in [0.1, 0.15) is 11.3 Å². The smallest absolute Gasteiger partial charge is 0.339 e. The maximum absolute atomic E-state index is 12.4. The van der Waals surface area contributed by atoms with Gasteiger partial charge in [-0.1, -0.05) is 24.3 Å². The Morgan fingerprint density at radius 1 is 1.20 bits per heavy atom. The van der Waals surface area contributed by atoms with E-state index in [9.17, 15) is 9.59 Å². The van der Waals surface area contributed by atoms with Crippen molar-refractivity contribution in [2.24, 2.45) is 7.05 Å². The van der Waals surface area contributed by atoms with Gasteiger partial charge in [-0.05, 0) is 18.1 Å². The molecular weight excluding hydrogens is 322 g/mol. The molecule has 0 aliphatic heterocycles. The lowest BCUT2D eigenvalue weighted by Gasteiger charge is -2.06. The molecule has 0 radical (unpaired) electrons. The van der Waals surface area contributed by atoms with E-state index in [4.69, 9.17) is 5.11 Å². The standard InChI is InChI=1S/C17H17N5O3/c1-11-5-3-4-6-12(11)9-22-10-13(7-19-22)20-16(23)15-14(17(24)25)8-18-21(15)2/h3-8,10H,9H2,1-2H3,(H,20,23)(H,24,25). The second-order valence-corrected chi connectivity index (χ2v) is 5.64. The van der Waals surface area contributed by atoms with Gasteiger partial charge in [-0.25, -0.2) is 4.79 Å². The van der Waals surface area contributed by atoms with Crippen molar-refractivity contribution in [2.45, 2.75) is 13.5 Å². The van der Waals surface area contributed by atoms with Crippen LogP contribution in [0.15, 0.2) is 42.9 Å². The summed E-state index contributed by atoms with van der Waals surface area (Å²) in [6.45, 7) is 2.60. The SMILES string of the molecule is Cc1ccccc1Cn1cc(NC(=O)c2c(C(=O)O)cnn2C)cn1. The Balaban J connectivity index is 1.76. The summed E-state index contributed by atoms with van der Waals surface area (Å²) in [6.07, 6.45) is 4.37. The van der Waals surface area contributed by atoms with E-state index in [0.717, 1.165) is 17.3 Å². The van der Waals surface area contributed by atoms with E-state index in [1.807, 2.05) is 31.2 Å². The predicted octanol–water partition coefficient (Wildman–Crippen LogP) is 1.92. The molecule has 0 saturated heterocycles. The first-order valence-electron chi connectivity index (χ1n) is 7.59. The van der Waals surface area contributed by atoms with E-state index in [-0.39, 0.29) is 11.3 Å². The van der Waals surface area contributed by atoms with Crippen LogP contribution in [0.2, 0.25) is 0 Å². The highest BCUT2D eigenvalue weighted by molar-refractivity contribution is 6.09.